The van der Waals surface area contributed by atoms with Crippen LogP contribution in [0.15, 0.2) is 53.1 Å². The van der Waals surface area contributed by atoms with Crippen molar-refractivity contribution >= 4 is 38.6 Å². The van der Waals surface area contributed by atoms with Crippen LogP contribution >= 0.6 is 15.9 Å². The molecule has 5 nitrogen and oxygen atoms in total. The monoisotopic (exact) mass is 682 g/mol. The third-order valence-electron chi connectivity index (χ3n) is 7.69. The molecule has 0 unspecified atom stereocenters. The van der Waals surface area contributed by atoms with Crippen molar-refractivity contribution in [3.05, 3.63) is 87.4 Å². The molecule has 44 heavy (non-hydrogen) atoms. The molecule has 0 atom stereocenters. The Labute approximate surface area is 258 Å². The van der Waals surface area contributed by atoms with E-state index in [4.69, 9.17) is 4.98 Å². The molecular formula is C31H28BrF7N5+. The van der Waals surface area contributed by atoms with E-state index in [9.17, 15) is 30.7 Å². The van der Waals surface area contributed by atoms with Crippen molar-refractivity contribution in [3.63, 3.8) is 0 Å². The number of nitrogens with zero attached hydrogens (tertiary/aromatic N) is 5. The first-order chi connectivity index (χ1) is 20.8. The van der Waals surface area contributed by atoms with E-state index in [0.29, 0.717) is 57.9 Å². The largest absolute Gasteiger partial charge is 0.492 e. The number of alkyl halides is 6. The second-order valence-electron chi connectivity index (χ2n) is 10.9. The van der Waals surface area contributed by atoms with Crippen LogP contribution in [0.4, 0.5) is 42.5 Å². The molecule has 0 N–H and O–H groups in total. The maximum absolute atomic E-state index is 14.2. The number of rotatable bonds is 9. The van der Waals surface area contributed by atoms with Gasteiger partial charge in [0, 0.05) is 30.1 Å². The normalized spacial score (nSPS) is 14.2. The first kappa shape index (κ1) is 31.8. The summed E-state index contributed by atoms with van der Waals surface area (Å²) in [6.07, 6.45) is -1.50. The van der Waals surface area contributed by atoms with E-state index in [2.05, 4.69) is 37.0 Å². The van der Waals surface area contributed by atoms with Crippen LogP contribution in [0, 0.1) is 17.9 Å². The van der Waals surface area contributed by atoms with Gasteiger partial charge in [-0.15, -0.1) is 0 Å². The lowest BCUT2D eigenvalue weighted by atomic mass is 10.0. The fraction of sp³-hybridized carbons (Fsp3) is 0.387. The van der Waals surface area contributed by atoms with Crippen LogP contribution in [-0.2, 0) is 25.4 Å². The topological polar surface area (TPSA) is 46.4 Å². The number of hydrogen-bond donors (Lipinski definition) is 0. The van der Waals surface area contributed by atoms with Crippen molar-refractivity contribution < 1.29 is 35.7 Å². The summed E-state index contributed by atoms with van der Waals surface area (Å²) in [7, 11) is 0. The average molecular weight is 683 g/mol. The first-order valence-corrected chi connectivity index (χ1v) is 14.9. The molecule has 1 aliphatic rings. The Morgan fingerprint density at radius 3 is 2.20 bits per heavy atom. The number of benzene rings is 2. The number of aromatic nitrogens is 3. The lowest BCUT2D eigenvalue weighted by Gasteiger charge is -2.28. The molecule has 1 aliphatic carbocycles. The highest BCUT2D eigenvalue weighted by molar-refractivity contribution is 9.10. The van der Waals surface area contributed by atoms with Crippen LogP contribution in [0.3, 0.4) is 0 Å². The molecule has 4 aromatic rings. The van der Waals surface area contributed by atoms with E-state index in [1.165, 1.54) is 23.2 Å². The van der Waals surface area contributed by atoms with Crippen LogP contribution in [0.5, 0.6) is 0 Å². The Kier molecular flexibility index (Phi) is 9.20. The zero-order valence-corrected chi connectivity index (χ0v) is 25.2. The average Bonchev–Trinajstić information content (AvgIpc) is 3.48. The summed E-state index contributed by atoms with van der Waals surface area (Å²) in [6, 6.07) is 7.53. The standard InChI is InChI=1S/C31H28BrF7N5/c1-2-43(16-19-5-3-4-6-19)28-22(11-21-7-8-26(33)13-27(21)42-28)18-44(29-40-14-25(32)15-41-29)17-20-9-23(30(34,35)36)12-24(10-20)31(37,38)39/h7-14,19H,2-6,16-18H2,1H3/q+1. The van der Waals surface area contributed by atoms with Gasteiger partial charge in [0.1, 0.15) is 22.3 Å². The van der Waals surface area contributed by atoms with Gasteiger partial charge in [0.2, 0.25) is 0 Å². The van der Waals surface area contributed by atoms with Crippen LogP contribution in [0.25, 0.3) is 10.9 Å². The zero-order valence-electron chi connectivity index (χ0n) is 23.6. The van der Waals surface area contributed by atoms with Crippen LogP contribution in [-0.4, -0.2) is 23.1 Å². The number of hydrogen-bond acceptors (Lipinski definition) is 4. The summed E-state index contributed by atoms with van der Waals surface area (Å²) in [6.45, 7) is 2.88. The molecule has 1 fully saturated rings. The molecule has 5 rings (SSSR count). The summed E-state index contributed by atoms with van der Waals surface area (Å²) in [5, 5.41) is 0.628. The number of anilines is 2. The van der Waals surface area contributed by atoms with E-state index in [1.807, 2.05) is 13.0 Å². The number of pyridine rings is 1. The van der Waals surface area contributed by atoms with Gasteiger partial charge in [-0.25, -0.2) is 14.3 Å². The number of fused-ring (bicyclic) bond motifs is 1. The summed E-state index contributed by atoms with van der Waals surface area (Å²) < 4.78 is 96.5. The van der Waals surface area contributed by atoms with Crippen molar-refractivity contribution in [2.45, 2.75) is 58.0 Å². The van der Waals surface area contributed by atoms with E-state index < -0.39 is 29.3 Å². The molecule has 0 amide bonds. The highest BCUT2D eigenvalue weighted by Crippen LogP contribution is 2.37. The van der Waals surface area contributed by atoms with Gasteiger partial charge in [-0.1, -0.05) is 17.8 Å². The van der Waals surface area contributed by atoms with Crippen LogP contribution < -0.4 is 14.8 Å². The summed E-state index contributed by atoms with van der Waals surface area (Å²) in [5.74, 6) is 0.596. The van der Waals surface area contributed by atoms with Gasteiger partial charge in [0.15, 0.2) is 6.20 Å². The quantitative estimate of drug-likeness (QED) is 0.167. The Bertz CT molecular complexity index is 1570. The molecule has 0 spiro atoms. The molecule has 0 aliphatic heterocycles. The fourth-order valence-corrected chi connectivity index (χ4v) is 5.79. The lowest BCUT2D eigenvalue weighted by Crippen LogP contribution is -2.33. The Morgan fingerprint density at radius 1 is 0.932 bits per heavy atom. The van der Waals surface area contributed by atoms with Crippen molar-refractivity contribution in [1.82, 2.24) is 9.97 Å². The molecule has 0 bridgehead atoms. The second kappa shape index (κ2) is 12.8. The third kappa shape index (κ3) is 7.52. The van der Waals surface area contributed by atoms with E-state index in [0.717, 1.165) is 25.7 Å². The number of halogens is 8. The summed E-state index contributed by atoms with van der Waals surface area (Å²) >= 11 is 3.21. The van der Waals surface area contributed by atoms with Gasteiger partial charge >= 0.3 is 18.3 Å². The smallest absolute Gasteiger partial charge is 0.356 e. The predicted molar refractivity (Wildman–Crippen MR) is 154 cm³/mol. The second-order valence-corrected chi connectivity index (χ2v) is 11.8. The third-order valence-corrected chi connectivity index (χ3v) is 8.07. The van der Waals surface area contributed by atoms with Gasteiger partial charge in [-0.3, -0.25) is 0 Å². The van der Waals surface area contributed by atoms with Crippen LogP contribution in [0.1, 0.15) is 54.9 Å². The van der Waals surface area contributed by atoms with Crippen molar-refractivity contribution in [3.8, 4) is 0 Å². The van der Waals surface area contributed by atoms with E-state index in [1.54, 1.807) is 6.07 Å². The molecular weight excluding hydrogens is 655 g/mol. The minimum atomic E-state index is -4.99. The SMILES string of the molecule is CCN(CC1CCCC1)c1nc2cc(F)ccc2cc1CN(Cc1cc(C(F)(F)F)cc(C(F)(F)F)c1)c1ncc(Br)c#[n+]1. The first-order valence-electron chi connectivity index (χ1n) is 14.1. The highest BCUT2D eigenvalue weighted by atomic mass is 79.9. The van der Waals surface area contributed by atoms with E-state index >= 15 is 0 Å². The van der Waals surface area contributed by atoms with Gasteiger partial charge in [0.25, 0.3) is 0 Å². The molecule has 2 heterocycles. The summed E-state index contributed by atoms with van der Waals surface area (Å²) in [5.41, 5.74) is -1.97. The predicted octanol–water partition coefficient (Wildman–Crippen LogP) is 8.19. The van der Waals surface area contributed by atoms with Crippen molar-refractivity contribution in [2.75, 3.05) is 22.9 Å². The molecule has 0 saturated heterocycles. The Morgan fingerprint density at radius 2 is 1.61 bits per heavy atom. The van der Waals surface area contributed by atoms with Gasteiger partial charge in [-0.2, -0.15) is 31.3 Å². The molecule has 1 saturated carbocycles. The van der Waals surface area contributed by atoms with Crippen molar-refractivity contribution in [2.24, 2.45) is 5.92 Å². The van der Waals surface area contributed by atoms with E-state index in [-0.39, 0.29) is 30.7 Å². The molecule has 13 heteroatoms. The summed E-state index contributed by atoms with van der Waals surface area (Å²) in [4.78, 5) is 16.8. The minimum absolute atomic E-state index is 0.0100. The lowest BCUT2D eigenvalue weighted by molar-refractivity contribution is -0.285. The Balaban J connectivity index is 1.60. The zero-order chi connectivity index (χ0) is 31.6. The van der Waals surface area contributed by atoms with Gasteiger partial charge in [-0.05, 0) is 83.6 Å². The van der Waals surface area contributed by atoms with Crippen LogP contribution in [0.2, 0.25) is 0 Å². The van der Waals surface area contributed by atoms with Crippen molar-refractivity contribution in [1.29, 1.82) is 0 Å². The molecule has 2 aromatic heterocycles. The molecule has 232 valence electrons. The van der Waals surface area contributed by atoms with Gasteiger partial charge < -0.3 is 4.90 Å². The fourth-order valence-electron chi connectivity index (χ4n) is 5.60. The Hall–Kier alpha value is -3.66. The molecule has 2 aromatic carbocycles. The maximum atomic E-state index is 14.2. The van der Waals surface area contributed by atoms with Gasteiger partial charge in [0.05, 0.1) is 29.7 Å². The highest BCUT2D eigenvalue weighted by Gasteiger charge is 2.37. The molecule has 0 radical (unpaired) electrons. The minimum Gasteiger partial charge on any atom is -0.356 e. The maximum Gasteiger partial charge on any atom is 0.492 e.